The van der Waals surface area contributed by atoms with Crippen LogP contribution in [0.4, 0.5) is 0 Å². The molecule has 0 amide bonds. The summed E-state index contributed by atoms with van der Waals surface area (Å²) in [6.07, 6.45) is 0.107. The molecule has 0 aliphatic rings. The van der Waals surface area contributed by atoms with Crippen LogP contribution in [0.1, 0.15) is 27.2 Å². The number of ether oxygens (including phenoxy) is 3. The molecule has 0 aliphatic heterocycles. The molecule has 0 rings (SSSR count). The molecule has 0 saturated heterocycles. The highest BCUT2D eigenvalue weighted by atomic mass is 16.6. The molecule has 0 aromatic carbocycles. The third-order valence-electron chi connectivity index (χ3n) is 3.27. The van der Waals surface area contributed by atoms with Gasteiger partial charge in [-0.05, 0) is 27.2 Å². The van der Waals surface area contributed by atoms with Crippen LogP contribution in [-0.2, 0) is 28.6 Å². The molecule has 0 aliphatic carbocycles. The highest BCUT2D eigenvalue weighted by Crippen LogP contribution is 2.24. The third-order valence-corrected chi connectivity index (χ3v) is 3.27. The van der Waals surface area contributed by atoms with E-state index in [2.05, 4.69) is 19.7 Å². The van der Waals surface area contributed by atoms with Gasteiger partial charge in [-0.1, -0.05) is 19.7 Å². The normalized spacial score (nSPS) is 10.6. The number of rotatable bonds is 11. The summed E-state index contributed by atoms with van der Waals surface area (Å²) in [5.41, 5.74) is -0.498. The van der Waals surface area contributed by atoms with Crippen LogP contribution in [-0.4, -0.2) is 49.4 Å². The number of carbonyl (C=O) groups excluding carboxylic acids is 3. The molecular formula is C18H26O7. The first-order valence-electron chi connectivity index (χ1n) is 7.63. The van der Waals surface area contributed by atoms with Crippen LogP contribution >= 0.6 is 0 Å². The van der Waals surface area contributed by atoms with Gasteiger partial charge in [0.2, 0.25) is 0 Å². The van der Waals surface area contributed by atoms with Crippen molar-refractivity contribution in [3.8, 4) is 0 Å². The van der Waals surface area contributed by atoms with Crippen molar-refractivity contribution in [2.75, 3.05) is 26.4 Å². The highest BCUT2D eigenvalue weighted by Gasteiger charge is 2.34. The predicted molar refractivity (Wildman–Crippen MR) is 91.5 cm³/mol. The minimum absolute atomic E-state index is 0.0680. The Hall–Kier alpha value is -2.41. The second-order valence-corrected chi connectivity index (χ2v) is 6.04. The largest absolute Gasteiger partial charge is 0.462 e. The van der Waals surface area contributed by atoms with Gasteiger partial charge in [0.25, 0.3) is 0 Å². The van der Waals surface area contributed by atoms with E-state index in [9.17, 15) is 19.5 Å². The maximum Gasteiger partial charge on any atom is 0.333 e. The Bertz CT molecular complexity index is 530. The van der Waals surface area contributed by atoms with Crippen molar-refractivity contribution in [1.29, 1.82) is 0 Å². The van der Waals surface area contributed by atoms with Crippen molar-refractivity contribution in [3.63, 3.8) is 0 Å². The number of hydrogen-bond donors (Lipinski definition) is 1. The van der Waals surface area contributed by atoms with Crippen LogP contribution < -0.4 is 0 Å². The van der Waals surface area contributed by atoms with Gasteiger partial charge in [0.05, 0.1) is 18.6 Å². The molecule has 0 spiro atoms. The van der Waals surface area contributed by atoms with E-state index in [0.717, 1.165) is 0 Å². The lowest BCUT2D eigenvalue weighted by Crippen LogP contribution is -2.39. The lowest BCUT2D eigenvalue weighted by Gasteiger charge is -2.30. The van der Waals surface area contributed by atoms with Crippen molar-refractivity contribution in [1.82, 2.24) is 0 Å². The molecule has 0 heterocycles. The summed E-state index contributed by atoms with van der Waals surface area (Å²) in [7, 11) is 0. The van der Waals surface area contributed by atoms with E-state index in [0.29, 0.717) is 0 Å². The smallest absolute Gasteiger partial charge is 0.333 e. The van der Waals surface area contributed by atoms with Crippen LogP contribution in [0.3, 0.4) is 0 Å². The molecule has 0 bridgehead atoms. The zero-order valence-electron chi connectivity index (χ0n) is 15.1. The van der Waals surface area contributed by atoms with Gasteiger partial charge in [-0.2, -0.15) is 0 Å². The summed E-state index contributed by atoms with van der Waals surface area (Å²) in [6, 6.07) is 0. The summed E-state index contributed by atoms with van der Waals surface area (Å²) in [5, 5.41) is 9.77. The van der Waals surface area contributed by atoms with Crippen molar-refractivity contribution in [3.05, 3.63) is 36.5 Å². The van der Waals surface area contributed by atoms with E-state index < -0.39 is 29.9 Å². The molecule has 7 heteroatoms. The first-order chi connectivity index (χ1) is 11.5. The van der Waals surface area contributed by atoms with E-state index in [1.54, 1.807) is 0 Å². The second-order valence-electron chi connectivity index (χ2n) is 6.04. The number of aliphatic hydroxyl groups is 1. The molecule has 0 aromatic heterocycles. The maximum atomic E-state index is 11.6. The van der Waals surface area contributed by atoms with Gasteiger partial charge < -0.3 is 19.3 Å². The molecule has 0 fully saturated rings. The summed E-state index contributed by atoms with van der Waals surface area (Å²) in [5.74, 6) is -1.85. The maximum absolute atomic E-state index is 11.6. The van der Waals surface area contributed by atoms with Crippen LogP contribution in [0.25, 0.3) is 0 Å². The highest BCUT2D eigenvalue weighted by molar-refractivity contribution is 5.87. The number of carbonyl (C=O) groups is 3. The monoisotopic (exact) mass is 354 g/mol. The fraction of sp³-hybridized carbons (Fsp3) is 0.500. The molecule has 0 unspecified atom stereocenters. The number of aliphatic hydroxyl groups excluding tert-OH is 1. The first kappa shape index (κ1) is 22.6. The Balaban J connectivity index is 5.01. The van der Waals surface area contributed by atoms with Crippen LogP contribution in [0.5, 0.6) is 0 Å². The summed E-state index contributed by atoms with van der Waals surface area (Å²) in [4.78, 5) is 34.7. The van der Waals surface area contributed by atoms with Crippen LogP contribution in [0, 0.1) is 5.41 Å². The SMILES string of the molecule is C=C(C)C(=O)OCCC(CO)(COC(=O)C(=C)C)COC(=O)C(=C)C. The molecular weight excluding hydrogens is 328 g/mol. The molecule has 0 radical (unpaired) electrons. The first-order valence-corrected chi connectivity index (χ1v) is 7.63. The zero-order chi connectivity index (χ0) is 19.6. The number of hydrogen-bond acceptors (Lipinski definition) is 7. The van der Waals surface area contributed by atoms with Crippen molar-refractivity contribution < 1.29 is 33.7 Å². The number of esters is 3. The topological polar surface area (TPSA) is 99.1 Å². The van der Waals surface area contributed by atoms with Gasteiger partial charge in [-0.15, -0.1) is 0 Å². The fourth-order valence-corrected chi connectivity index (χ4v) is 1.52. The molecule has 0 aromatic rings. The predicted octanol–water partition coefficient (Wildman–Crippen LogP) is 1.71. The molecule has 25 heavy (non-hydrogen) atoms. The minimum atomic E-state index is -1.12. The Kier molecular flexibility index (Phi) is 9.45. The molecule has 0 atom stereocenters. The van der Waals surface area contributed by atoms with Crippen LogP contribution in [0.15, 0.2) is 36.5 Å². The Morgan fingerprint density at radius 1 is 0.800 bits per heavy atom. The van der Waals surface area contributed by atoms with E-state index in [1.165, 1.54) is 20.8 Å². The standard InChI is InChI=1S/C18H26O7/c1-12(2)15(20)23-8-7-18(9-19,10-24-16(21)13(3)4)11-25-17(22)14(5)6/h19H,1,3,5,7-11H2,2,4,6H3. The van der Waals surface area contributed by atoms with Gasteiger partial charge in [-0.3, -0.25) is 0 Å². The Morgan fingerprint density at radius 2 is 1.16 bits per heavy atom. The van der Waals surface area contributed by atoms with Crippen molar-refractivity contribution in [2.24, 2.45) is 5.41 Å². The van der Waals surface area contributed by atoms with Gasteiger partial charge in [0, 0.05) is 16.7 Å². The molecule has 140 valence electrons. The van der Waals surface area contributed by atoms with E-state index >= 15 is 0 Å². The van der Waals surface area contributed by atoms with E-state index in [4.69, 9.17) is 14.2 Å². The second kappa shape index (κ2) is 10.5. The molecule has 7 nitrogen and oxygen atoms in total. The Morgan fingerprint density at radius 3 is 1.48 bits per heavy atom. The fourth-order valence-electron chi connectivity index (χ4n) is 1.52. The lowest BCUT2D eigenvalue weighted by molar-refractivity contribution is -0.155. The molecule has 0 saturated carbocycles. The Labute approximate surface area is 147 Å². The minimum Gasteiger partial charge on any atom is -0.462 e. The summed E-state index contributed by atoms with van der Waals surface area (Å²) < 4.78 is 15.2. The average molecular weight is 354 g/mol. The summed E-state index contributed by atoms with van der Waals surface area (Å²) >= 11 is 0. The van der Waals surface area contributed by atoms with Gasteiger partial charge >= 0.3 is 17.9 Å². The lowest BCUT2D eigenvalue weighted by atomic mass is 9.87. The quantitative estimate of drug-likeness (QED) is 0.342. The average Bonchev–Trinajstić information content (AvgIpc) is 2.55. The third kappa shape index (κ3) is 8.30. The molecule has 1 N–H and O–H groups in total. The van der Waals surface area contributed by atoms with Crippen molar-refractivity contribution >= 4 is 17.9 Å². The zero-order valence-corrected chi connectivity index (χ0v) is 15.1. The van der Waals surface area contributed by atoms with Gasteiger partial charge in [0.1, 0.15) is 13.2 Å². The van der Waals surface area contributed by atoms with Gasteiger partial charge in [-0.25, -0.2) is 14.4 Å². The van der Waals surface area contributed by atoms with Gasteiger partial charge in [0.15, 0.2) is 0 Å². The van der Waals surface area contributed by atoms with Crippen LogP contribution in [0.2, 0.25) is 0 Å². The van der Waals surface area contributed by atoms with E-state index in [1.807, 2.05) is 0 Å². The van der Waals surface area contributed by atoms with Crippen molar-refractivity contribution in [2.45, 2.75) is 27.2 Å². The van der Waals surface area contributed by atoms with E-state index in [-0.39, 0.29) is 43.0 Å². The summed E-state index contributed by atoms with van der Waals surface area (Å²) in [6.45, 7) is 13.9.